The molecule has 29 heavy (non-hydrogen) atoms. The van der Waals surface area contributed by atoms with Crippen molar-refractivity contribution in [3.8, 4) is 0 Å². The van der Waals surface area contributed by atoms with E-state index < -0.39 is 0 Å². The molecule has 0 aromatic carbocycles. The average molecular weight is 411 g/mol. The first-order chi connectivity index (χ1) is 14.3. The van der Waals surface area contributed by atoms with E-state index in [1.165, 1.54) is 148 Å². The summed E-state index contributed by atoms with van der Waals surface area (Å²) >= 11 is 0. The Morgan fingerprint density at radius 3 is 0.966 bits per heavy atom. The quantitative estimate of drug-likeness (QED) is 0.153. The predicted octanol–water partition coefficient (Wildman–Crippen LogP) is 8.48. The Bertz CT molecular complexity index is 280. The Balaban J connectivity index is 3.43. The van der Waals surface area contributed by atoms with Gasteiger partial charge in [-0.2, -0.15) is 0 Å². The van der Waals surface area contributed by atoms with Crippen molar-refractivity contribution < 1.29 is 0 Å². The normalized spacial score (nSPS) is 11.6. The van der Waals surface area contributed by atoms with Crippen LogP contribution >= 0.6 is 0 Å². The molecule has 0 saturated carbocycles. The van der Waals surface area contributed by atoms with Crippen LogP contribution in [-0.4, -0.2) is 31.1 Å². The first kappa shape index (κ1) is 28.9. The SMILES string of the molecule is CCCCCCCCCCCCCCCCN(CCCN)CCCCCCCC. The first-order valence-electron chi connectivity index (χ1n) is 13.8. The molecule has 2 nitrogen and oxygen atoms in total. The molecule has 0 aromatic heterocycles. The maximum absolute atomic E-state index is 5.74. The Kier molecular flexibility index (Phi) is 25.9. The van der Waals surface area contributed by atoms with Gasteiger partial charge in [0.2, 0.25) is 0 Å². The summed E-state index contributed by atoms with van der Waals surface area (Å²) in [4.78, 5) is 2.69. The van der Waals surface area contributed by atoms with Gasteiger partial charge in [-0.25, -0.2) is 0 Å². The van der Waals surface area contributed by atoms with Crippen molar-refractivity contribution in [2.45, 2.75) is 149 Å². The van der Waals surface area contributed by atoms with Crippen molar-refractivity contribution in [1.29, 1.82) is 0 Å². The van der Waals surface area contributed by atoms with Gasteiger partial charge in [0.15, 0.2) is 0 Å². The molecule has 0 atom stereocenters. The second-order valence-electron chi connectivity index (χ2n) is 9.35. The molecular formula is C27H58N2. The van der Waals surface area contributed by atoms with Crippen molar-refractivity contribution in [3.05, 3.63) is 0 Å². The van der Waals surface area contributed by atoms with Crippen LogP contribution < -0.4 is 5.73 Å². The molecule has 176 valence electrons. The molecule has 0 heterocycles. The average Bonchev–Trinajstić information content (AvgIpc) is 2.74. The second-order valence-corrected chi connectivity index (χ2v) is 9.35. The zero-order valence-electron chi connectivity index (χ0n) is 20.7. The zero-order chi connectivity index (χ0) is 21.3. The highest BCUT2D eigenvalue weighted by atomic mass is 15.1. The Morgan fingerprint density at radius 1 is 0.379 bits per heavy atom. The van der Waals surface area contributed by atoms with Crippen LogP contribution in [0.15, 0.2) is 0 Å². The van der Waals surface area contributed by atoms with Gasteiger partial charge in [-0.05, 0) is 45.4 Å². The highest BCUT2D eigenvalue weighted by molar-refractivity contribution is 4.60. The molecule has 0 aliphatic heterocycles. The molecule has 0 aliphatic carbocycles. The highest BCUT2D eigenvalue weighted by Crippen LogP contribution is 2.13. The lowest BCUT2D eigenvalue weighted by atomic mass is 10.0. The Labute approximate surface area is 185 Å². The van der Waals surface area contributed by atoms with E-state index in [0.717, 1.165) is 13.0 Å². The van der Waals surface area contributed by atoms with E-state index in [9.17, 15) is 0 Å². The van der Waals surface area contributed by atoms with Crippen LogP contribution in [0.2, 0.25) is 0 Å². The molecular weight excluding hydrogens is 352 g/mol. The van der Waals surface area contributed by atoms with Gasteiger partial charge in [0, 0.05) is 0 Å². The number of rotatable bonds is 25. The van der Waals surface area contributed by atoms with Crippen LogP contribution in [0.5, 0.6) is 0 Å². The van der Waals surface area contributed by atoms with E-state index in [0.29, 0.717) is 0 Å². The van der Waals surface area contributed by atoms with Gasteiger partial charge in [-0.15, -0.1) is 0 Å². The first-order valence-corrected chi connectivity index (χ1v) is 13.8. The molecule has 0 spiro atoms. The van der Waals surface area contributed by atoms with E-state index in [-0.39, 0.29) is 0 Å². The summed E-state index contributed by atoms with van der Waals surface area (Å²) in [7, 11) is 0. The summed E-state index contributed by atoms with van der Waals surface area (Å²) in [5, 5.41) is 0. The summed E-state index contributed by atoms with van der Waals surface area (Å²) in [5.74, 6) is 0. The second kappa shape index (κ2) is 26.0. The Hall–Kier alpha value is -0.0800. The molecule has 0 unspecified atom stereocenters. The van der Waals surface area contributed by atoms with E-state index in [4.69, 9.17) is 5.73 Å². The van der Waals surface area contributed by atoms with Gasteiger partial charge in [-0.1, -0.05) is 129 Å². The number of nitrogens with two attached hydrogens (primary N) is 1. The van der Waals surface area contributed by atoms with Crippen LogP contribution in [0.3, 0.4) is 0 Å². The third-order valence-corrected chi connectivity index (χ3v) is 6.33. The zero-order valence-corrected chi connectivity index (χ0v) is 20.7. The maximum atomic E-state index is 5.74. The van der Waals surface area contributed by atoms with Crippen LogP contribution in [0.25, 0.3) is 0 Å². The summed E-state index contributed by atoms with van der Waals surface area (Å²) in [6.45, 7) is 9.24. The molecule has 2 heteroatoms. The summed E-state index contributed by atoms with van der Waals surface area (Å²) in [6, 6.07) is 0. The monoisotopic (exact) mass is 410 g/mol. The van der Waals surface area contributed by atoms with Crippen molar-refractivity contribution >= 4 is 0 Å². The van der Waals surface area contributed by atoms with Crippen LogP contribution in [0.1, 0.15) is 149 Å². The van der Waals surface area contributed by atoms with Gasteiger partial charge in [0.05, 0.1) is 0 Å². The lowest BCUT2D eigenvalue weighted by Gasteiger charge is -2.22. The maximum Gasteiger partial charge on any atom is -0.000672 e. The lowest BCUT2D eigenvalue weighted by molar-refractivity contribution is 0.258. The summed E-state index contributed by atoms with van der Waals surface area (Å²) in [6.07, 6.45) is 29.8. The molecule has 0 radical (unpaired) electrons. The number of unbranched alkanes of at least 4 members (excludes halogenated alkanes) is 18. The highest BCUT2D eigenvalue weighted by Gasteiger charge is 2.04. The molecule has 2 N–H and O–H groups in total. The molecule has 0 amide bonds. The number of nitrogens with zero attached hydrogens (tertiary/aromatic N) is 1. The molecule has 0 aliphatic rings. The summed E-state index contributed by atoms with van der Waals surface area (Å²) < 4.78 is 0. The van der Waals surface area contributed by atoms with Crippen LogP contribution in [-0.2, 0) is 0 Å². The van der Waals surface area contributed by atoms with Crippen LogP contribution in [0, 0.1) is 0 Å². The van der Waals surface area contributed by atoms with Gasteiger partial charge in [-0.3, -0.25) is 0 Å². The third-order valence-electron chi connectivity index (χ3n) is 6.33. The number of hydrogen-bond acceptors (Lipinski definition) is 2. The standard InChI is InChI=1S/C27H58N2/c1-3-5-7-9-11-12-13-14-15-16-17-18-20-22-26-29(27-23-24-28)25-21-19-10-8-6-4-2/h3-28H2,1-2H3. The van der Waals surface area contributed by atoms with E-state index in [1.54, 1.807) is 0 Å². The molecule has 0 bridgehead atoms. The summed E-state index contributed by atoms with van der Waals surface area (Å²) in [5.41, 5.74) is 5.74. The molecule has 0 rings (SSSR count). The van der Waals surface area contributed by atoms with Crippen molar-refractivity contribution in [2.24, 2.45) is 5.73 Å². The van der Waals surface area contributed by atoms with Crippen LogP contribution in [0.4, 0.5) is 0 Å². The number of hydrogen-bond donors (Lipinski definition) is 1. The van der Waals surface area contributed by atoms with Crippen molar-refractivity contribution in [1.82, 2.24) is 4.90 Å². The topological polar surface area (TPSA) is 29.3 Å². The fourth-order valence-corrected chi connectivity index (χ4v) is 4.30. The van der Waals surface area contributed by atoms with Crippen molar-refractivity contribution in [3.63, 3.8) is 0 Å². The third kappa shape index (κ3) is 24.1. The minimum Gasteiger partial charge on any atom is -0.330 e. The minimum atomic E-state index is 0.839. The molecule has 0 aromatic rings. The van der Waals surface area contributed by atoms with E-state index in [1.807, 2.05) is 0 Å². The van der Waals surface area contributed by atoms with Crippen molar-refractivity contribution in [2.75, 3.05) is 26.2 Å². The van der Waals surface area contributed by atoms with E-state index >= 15 is 0 Å². The fourth-order valence-electron chi connectivity index (χ4n) is 4.30. The van der Waals surface area contributed by atoms with Gasteiger partial charge >= 0.3 is 0 Å². The minimum absolute atomic E-state index is 0.839. The Morgan fingerprint density at radius 2 is 0.655 bits per heavy atom. The van der Waals surface area contributed by atoms with Gasteiger partial charge in [0.25, 0.3) is 0 Å². The smallest absolute Gasteiger partial charge is 0.000672 e. The molecule has 0 fully saturated rings. The van der Waals surface area contributed by atoms with Gasteiger partial charge in [0.1, 0.15) is 0 Å². The predicted molar refractivity (Wildman–Crippen MR) is 134 cm³/mol. The van der Waals surface area contributed by atoms with Gasteiger partial charge < -0.3 is 10.6 Å². The molecule has 0 saturated heterocycles. The fraction of sp³-hybridized carbons (Fsp3) is 1.00. The largest absolute Gasteiger partial charge is 0.330 e. The van der Waals surface area contributed by atoms with E-state index in [2.05, 4.69) is 18.7 Å². The lowest BCUT2D eigenvalue weighted by Crippen LogP contribution is -2.28.